The zero-order valence-electron chi connectivity index (χ0n) is 19.5. The van der Waals surface area contributed by atoms with Crippen molar-refractivity contribution in [1.29, 1.82) is 0 Å². The van der Waals surface area contributed by atoms with Crippen molar-refractivity contribution in [3.63, 3.8) is 0 Å². The number of alkyl halides is 3. The minimum absolute atomic E-state index is 0. The maximum Gasteiger partial charge on any atom is 0.416 e. The molecule has 3 aromatic rings. The number of thioether (sulfide) groups is 1. The molecule has 0 saturated heterocycles. The third-order valence-electron chi connectivity index (χ3n) is 6.78. The first-order chi connectivity index (χ1) is 16.0. The predicted molar refractivity (Wildman–Crippen MR) is 130 cm³/mol. The van der Waals surface area contributed by atoms with E-state index in [4.69, 9.17) is 0 Å². The van der Waals surface area contributed by atoms with Gasteiger partial charge in [0.1, 0.15) is 6.54 Å². The lowest BCUT2D eigenvalue weighted by Crippen LogP contribution is -3.00. The largest absolute Gasteiger partial charge is 1.00 e. The molecule has 0 aliphatic heterocycles. The third-order valence-corrected chi connectivity index (χ3v) is 7.79. The Balaban J connectivity index is 0.00000324. The summed E-state index contributed by atoms with van der Waals surface area (Å²) in [6.45, 7) is 0.943. The normalized spacial score (nSPS) is 14.8. The van der Waals surface area contributed by atoms with Crippen molar-refractivity contribution >= 4 is 22.7 Å². The fourth-order valence-electron chi connectivity index (χ4n) is 5.00. The Morgan fingerprint density at radius 2 is 1.62 bits per heavy atom. The van der Waals surface area contributed by atoms with Crippen molar-refractivity contribution in [2.45, 2.75) is 81.2 Å². The highest BCUT2D eigenvalue weighted by Gasteiger charge is 2.32. The average Bonchev–Trinajstić information content (AvgIpc) is 2.82. The van der Waals surface area contributed by atoms with Crippen LogP contribution in [0.4, 0.5) is 13.2 Å². The van der Waals surface area contributed by atoms with Crippen LogP contribution < -0.4 is 28.5 Å². The van der Waals surface area contributed by atoms with Crippen molar-refractivity contribution in [3.05, 3.63) is 71.9 Å². The first kappa shape index (κ1) is 27.3. The van der Waals surface area contributed by atoms with Gasteiger partial charge in [-0.25, -0.2) is 0 Å². The lowest BCUT2D eigenvalue weighted by Gasteiger charge is -2.21. The minimum Gasteiger partial charge on any atom is -1.00 e. The van der Waals surface area contributed by atoms with Gasteiger partial charge in [0.05, 0.1) is 10.5 Å². The van der Waals surface area contributed by atoms with Crippen LogP contribution in [-0.2, 0) is 18.5 Å². The average molecular weight is 600 g/mol. The Hall–Kier alpha value is -1.28. The van der Waals surface area contributed by atoms with Gasteiger partial charge < -0.3 is 24.0 Å². The zero-order valence-corrected chi connectivity index (χ0v) is 22.5. The highest BCUT2D eigenvalue weighted by atomic mass is 127. The molecule has 0 amide bonds. The van der Waals surface area contributed by atoms with Gasteiger partial charge in [0, 0.05) is 23.6 Å². The molecule has 6 heteroatoms. The maximum atomic E-state index is 13.4. The van der Waals surface area contributed by atoms with Crippen LogP contribution >= 0.6 is 11.8 Å². The van der Waals surface area contributed by atoms with Crippen molar-refractivity contribution in [3.8, 4) is 0 Å². The van der Waals surface area contributed by atoms with E-state index in [0.29, 0.717) is 11.3 Å². The van der Waals surface area contributed by atoms with Crippen LogP contribution in [0, 0.1) is 5.92 Å². The Morgan fingerprint density at radius 3 is 2.41 bits per heavy atom. The van der Waals surface area contributed by atoms with E-state index in [-0.39, 0.29) is 24.0 Å². The van der Waals surface area contributed by atoms with Crippen LogP contribution in [-0.4, -0.2) is 0 Å². The lowest BCUT2D eigenvalue weighted by atomic mass is 9.85. The van der Waals surface area contributed by atoms with Gasteiger partial charge >= 0.3 is 6.18 Å². The lowest BCUT2D eigenvalue weighted by molar-refractivity contribution is -0.673. The highest BCUT2D eigenvalue weighted by Crippen LogP contribution is 2.35. The monoisotopic (exact) mass is 599 g/mol. The van der Waals surface area contributed by atoms with Gasteiger partial charge in [-0.05, 0) is 36.1 Å². The van der Waals surface area contributed by atoms with Crippen LogP contribution in [0.2, 0.25) is 0 Å². The molecule has 1 aromatic heterocycles. The summed E-state index contributed by atoms with van der Waals surface area (Å²) in [7, 11) is 0. The molecule has 184 valence electrons. The number of nitrogens with zero attached hydrogens (tertiary/aromatic N) is 1. The summed E-state index contributed by atoms with van der Waals surface area (Å²) in [5.74, 6) is 1.24. The van der Waals surface area contributed by atoms with E-state index in [1.54, 1.807) is 12.1 Å². The topological polar surface area (TPSA) is 3.88 Å². The van der Waals surface area contributed by atoms with Gasteiger partial charge in [0.15, 0.2) is 6.20 Å². The molecule has 1 saturated carbocycles. The number of hydrogen-bond acceptors (Lipinski definition) is 1. The van der Waals surface area contributed by atoms with Crippen molar-refractivity contribution in [2.75, 3.05) is 0 Å². The van der Waals surface area contributed by atoms with Crippen molar-refractivity contribution < 1.29 is 41.7 Å². The van der Waals surface area contributed by atoms with Crippen LogP contribution in [0.1, 0.15) is 68.9 Å². The number of para-hydroxylation sites is 1. The van der Waals surface area contributed by atoms with Crippen LogP contribution in [0.5, 0.6) is 0 Å². The zero-order chi connectivity index (χ0) is 23.1. The van der Waals surface area contributed by atoms with Crippen LogP contribution in [0.3, 0.4) is 0 Å². The Labute approximate surface area is 222 Å². The summed E-state index contributed by atoms with van der Waals surface area (Å²) >= 11 is 1.47. The van der Waals surface area contributed by atoms with Gasteiger partial charge in [0.2, 0.25) is 5.52 Å². The minimum atomic E-state index is -4.32. The number of unbranched alkanes of at least 4 members (excludes halogenated alkanes) is 2. The van der Waals surface area contributed by atoms with Gasteiger partial charge in [-0.2, -0.15) is 17.7 Å². The molecule has 1 aliphatic carbocycles. The summed E-state index contributed by atoms with van der Waals surface area (Å²) in [6, 6.07) is 16.3. The Morgan fingerprint density at radius 1 is 0.882 bits per heavy atom. The smallest absolute Gasteiger partial charge is 0.416 e. The molecule has 0 spiro atoms. The molecule has 0 N–H and O–H groups in total. The second-order valence-corrected chi connectivity index (χ2v) is 10.3. The van der Waals surface area contributed by atoms with E-state index in [1.165, 1.54) is 80.8 Å². The summed E-state index contributed by atoms with van der Waals surface area (Å²) in [4.78, 5) is 1.01. The molecule has 1 fully saturated rings. The molecule has 1 aliphatic rings. The molecule has 1 heterocycles. The summed E-state index contributed by atoms with van der Waals surface area (Å²) in [5.41, 5.74) is 0.978. The second-order valence-electron chi connectivity index (χ2n) is 9.22. The fraction of sp³-hybridized carbons (Fsp3) is 0.464. The van der Waals surface area contributed by atoms with E-state index in [9.17, 15) is 13.2 Å². The Kier molecular flexibility index (Phi) is 10.6. The molecule has 34 heavy (non-hydrogen) atoms. The number of benzene rings is 2. The molecule has 0 bridgehead atoms. The summed E-state index contributed by atoms with van der Waals surface area (Å²) < 4.78 is 42.3. The first-order valence-corrected chi connectivity index (χ1v) is 13.2. The number of hydrogen-bond donors (Lipinski definition) is 0. The van der Waals surface area contributed by atoms with Gasteiger partial charge in [0.25, 0.3) is 0 Å². The summed E-state index contributed by atoms with van der Waals surface area (Å²) in [5, 5.41) is 1.13. The molecule has 0 radical (unpaired) electrons. The quantitative estimate of drug-likeness (QED) is 0.135. The van der Waals surface area contributed by atoms with E-state index in [1.807, 2.05) is 12.1 Å². The Bertz CT molecular complexity index is 1050. The van der Waals surface area contributed by atoms with Gasteiger partial charge in [-0.1, -0.05) is 75.3 Å². The summed E-state index contributed by atoms with van der Waals surface area (Å²) in [6.07, 6.45) is 9.87. The SMILES string of the molecule is FC(F)(F)c1ccccc1CSc1cc2ccccc2[n+](CCCCCC2CCCCC2)c1.[I-]. The number of aromatic nitrogens is 1. The molecule has 0 unspecified atom stereocenters. The molecular formula is C28H33F3INS. The molecule has 4 rings (SSSR count). The molecular weight excluding hydrogens is 566 g/mol. The first-order valence-electron chi connectivity index (χ1n) is 12.2. The number of pyridine rings is 1. The van der Waals surface area contributed by atoms with Crippen molar-refractivity contribution in [1.82, 2.24) is 0 Å². The van der Waals surface area contributed by atoms with E-state index in [2.05, 4.69) is 29.0 Å². The molecule has 1 nitrogen and oxygen atoms in total. The number of fused-ring (bicyclic) bond motifs is 1. The third kappa shape index (κ3) is 7.61. The highest BCUT2D eigenvalue weighted by molar-refractivity contribution is 7.98. The standard InChI is InChI=1S/C28H33F3NS.HI/c29-28(30,31)26-16-8-6-15-24(26)21-33-25-19-23-14-7-9-17-27(23)32(20-25)18-10-2-5-13-22-11-3-1-4-12-22;/h6-9,14-17,19-20,22H,1-5,10-13,18,21H2;1H/q+1;/p-1. The predicted octanol–water partition coefficient (Wildman–Crippen LogP) is 5.58. The number of rotatable bonds is 9. The number of halogens is 4. The van der Waals surface area contributed by atoms with Gasteiger partial charge in [-0.3, -0.25) is 0 Å². The van der Waals surface area contributed by atoms with E-state index < -0.39 is 11.7 Å². The molecule has 2 aromatic carbocycles. The van der Waals surface area contributed by atoms with Crippen molar-refractivity contribution in [2.24, 2.45) is 5.92 Å². The maximum absolute atomic E-state index is 13.4. The van der Waals surface area contributed by atoms with E-state index >= 15 is 0 Å². The second kappa shape index (κ2) is 13.1. The van der Waals surface area contributed by atoms with Crippen LogP contribution in [0.15, 0.2) is 65.7 Å². The molecule has 0 atom stereocenters. The van der Waals surface area contributed by atoms with Crippen LogP contribution in [0.25, 0.3) is 10.9 Å². The van der Waals surface area contributed by atoms with E-state index in [0.717, 1.165) is 29.2 Å². The number of aryl methyl sites for hydroxylation is 1. The van der Waals surface area contributed by atoms with Gasteiger partial charge in [-0.15, -0.1) is 11.8 Å². The fourth-order valence-corrected chi connectivity index (χ4v) is 5.99.